The quantitative estimate of drug-likeness (QED) is 0.877. The Morgan fingerprint density at radius 1 is 1.48 bits per heavy atom. The molecular formula is C18H22FNO5. The van der Waals surface area contributed by atoms with Crippen molar-refractivity contribution in [1.82, 2.24) is 4.90 Å². The first-order valence-electron chi connectivity index (χ1n) is 8.49. The molecule has 2 aliphatic heterocycles. The summed E-state index contributed by atoms with van der Waals surface area (Å²) in [4.78, 5) is 26.2. The Labute approximate surface area is 145 Å². The number of fused-ring (bicyclic) bond motifs is 1. The van der Waals surface area contributed by atoms with Gasteiger partial charge in [0.1, 0.15) is 0 Å². The maximum absolute atomic E-state index is 13.8. The molecule has 3 atom stereocenters. The molecule has 1 amide bonds. The van der Waals surface area contributed by atoms with Crippen LogP contribution < -0.4 is 4.74 Å². The van der Waals surface area contributed by atoms with Gasteiger partial charge in [-0.1, -0.05) is 19.1 Å². The number of nitrogens with zero attached hydrogens (tertiary/aromatic N) is 1. The SMILES string of the molecule is CCC(Oc1ccccc1F)C(=O)N1C[C@H]2COCC[C@@]2(C(=O)O)C1. The molecule has 2 saturated heterocycles. The fourth-order valence-corrected chi connectivity index (χ4v) is 3.67. The average Bonchev–Trinajstić information content (AvgIpc) is 3.01. The van der Waals surface area contributed by atoms with Gasteiger partial charge >= 0.3 is 5.97 Å². The number of likely N-dealkylation sites (tertiary alicyclic amines) is 1. The molecular weight excluding hydrogens is 329 g/mol. The fourth-order valence-electron chi connectivity index (χ4n) is 3.67. The number of halogens is 1. The van der Waals surface area contributed by atoms with Crippen molar-refractivity contribution in [1.29, 1.82) is 0 Å². The molecule has 0 aromatic heterocycles. The van der Waals surface area contributed by atoms with Crippen LogP contribution in [0.25, 0.3) is 0 Å². The van der Waals surface area contributed by atoms with E-state index in [9.17, 15) is 19.1 Å². The number of benzene rings is 1. The zero-order valence-electron chi connectivity index (χ0n) is 14.1. The molecule has 1 N–H and O–H groups in total. The number of hydrogen-bond donors (Lipinski definition) is 1. The third-order valence-corrected chi connectivity index (χ3v) is 5.20. The van der Waals surface area contributed by atoms with Crippen LogP contribution in [0.5, 0.6) is 5.75 Å². The first-order chi connectivity index (χ1) is 12.0. The Morgan fingerprint density at radius 2 is 2.24 bits per heavy atom. The van der Waals surface area contributed by atoms with Gasteiger partial charge in [-0.25, -0.2) is 4.39 Å². The number of carbonyl (C=O) groups excluding carboxylic acids is 1. The molecule has 2 heterocycles. The Morgan fingerprint density at radius 3 is 2.88 bits per heavy atom. The highest BCUT2D eigenvalue weighted by atomic mass is 19.1. The highest BCUT2D eigenvalue weighted by Crippen LogP contribution is 2.42. The summed E-state index contributed by atoms with van der Waals surface area (Å²) in [6.45, 7) is 2.96. The molecule has 6 nitrogen and oxygen atoms in total. The van der Waals surface area contributed by atoms with E-state index in [0.717, 1.165) is 0 Å². The Kier molecular flexibility index (Phi) is 4.94. The molecule has 1 aromatic rings. The van der Waals surface area contributed by atoms with Crippen molar-refractivity contribution in [3.8, 4) is 5.75 Å². The first-order valence-corrected chi connectivity index (χ1v) is 8.49. The molecule has 2 aliphatic rings. The molecule has 25 heavy (non-hydrogen) atoms. The van der Waals surface area contributed by atoms with E-state index < -0.39 is 23.3 Å². The summed E-state index contributed by atoms with van der Waals surface area (Å²) >= 11 is 0. The summed E-state index contributed by atoms with van der Waals surface area (Å²) in [6, 6.07) is 5.93. The van der Waals surface area contributed by atoms with Crippen molar-refractivity contribution in [3.63, 3.8) is 0 Å². The Bertz CT molecular complexity index is 667. The molecule has 2 fully saturated rings. The predicted octanol–water partition coefficient (Wildman–Crippen LogP) is 1.93. The van der Waals surface area contributed by atoms with Gasteiger partial charge in [0, 0.05) is 25.6 Å². The normalized spacial score (nSPS) is 26.8. The van der Waals surface area contributed by atoms with E-state index in [-0.39, 0.29) is 24.1 Å². The van der Waals surface area contributed by atoms with Gasteiger partial charge in [-0.3, -0.25) is 9.59 Å². The van der Waals surface area contributed by atoms with Gasteiger partial charge in [0.15, 0.2) is 17.7 Å². The molecule has 0 bridgehead atoms. The maximum Gasteiger partial charge on any atom is 0.311 e. The monoisotopic (exact) mass is 351 g/mol. The van der Waals surface area contributed by atoms with E-state index in [1.54, 1.807) is 19.1 Å². The number of ether oxygens (including phenoxy) is 2. The van der Waals surface area contributed by atoms with Crippen LogP contribution in [0.4, 0.5) is 4.39 Å². The van der Waals surface area contributed by atoms with E-state index in [1.807, 2.05) is 0 Å². The van der Waals surface area contributed by atoms with Crippen LogP contribution in [0.3, 0.4) is 0 Å². The Hall–Kier alpha value is -2.15. The summed E-state index contributed by atoms with van der Waals surface area (Å²) in [6.07, 6.45) is -0.0871. The highest BCUT2D eigenvalue weighted by molar-refractivity contribution is 5.84. The average molecular weight is 351 g/mol. The van der Waals surface area contributed by atoms with Crippen molar-refractivity contribution in [3.05, 3.63) is 30.1 Å². The highest BCUT2D eigenvalue weighted by Gasteiger charge is 2.55. The third kappa shape index (κ3) is 3.20. The van der Waals surface area contributed by atoms with E-state index in [2.05, 4.69) is 0 Å². The topological polar surface area (TPSA) is 76.1 Å². The predicted molar refractivity (Wildman–Crippen MR) is 86.7 cm³/mol. The summed E-state index contributed by atoms with van der Waals surface area (Å²) in [5.74, 6) is -1.93. The minimum absolute atomic E-state index is 0.0237. The minimum atomic E-state index is -0.954. The van der Waals surface area contributed by atoms with Crippen molar-refractivity contribution >= 4 is 11.9 Å². The van der Waals surface area contributed by atoms with Gasteiger partial charge in [-0.2, -0.15) is 0 Å². The smallest absolute Gasteiger partial charge is 0.311 e. The molecule has 0 radical (unpaired) electrons. The van der Waals surface area contributed by atoms with Crippen LogP contribution in [0.1, 0.15) is 19.8 Å². The molecule has 7 heteroatoms. The molecule has 1 unspecified atom stereocenters. The van der Waals surface area contributed by atoms with Gasteiger partial charge in [0.05, 0.1) is 12.0 Å². The van der Waals surface area contributed by atoms with Crippen LogP contribution in [-0.4, -0.2) is 54.3 Å². The molecule has 0 saturated carbocycles. The fraction of sp³-hybridized carbons (Fsp3) is 0.556. The molecule has 136 valence electrons. The summed E-state index contributed by atoms with van der Waals surface area (Å²) in [5.41, 5.74) is -0.954. The van der Waals surface area contributed by atoms with Crippen LogP contribution >= 0.6 is 0 Å². The van der Waals surface area contributed by atoms with E-state index in [4.69, 9.17) is 9.47 Å². The number of carbonyl (C=O) groups is 2. The summed E-state index contributed by atoms with van der Waals surface area (Å²) < 4.78 is 24.8. The lowest BCUT2D eigenvalue weighted by atomic mass is 9.74. The van der Waals surface area contributed by atoms with E-state index in [0.29, 0.717) is 32.6 Å². The summed E-state index contributed by atoms with van der Waals surface area (Å²) in [5, 5.41) is 9.69. The number of carboxylic acids is 1. The van der Waals surface area contributed by atoms with Crippen molar-refractivity contribution in [2.45, 2.75) is 25.9 Å². The lowest BCUT2D eigenvalue weighted by Gasteiger charge is -2.33. The number of para-hydroxylation sites is 1. The van der Waals surface area contributed by atoms with Gasteiger partial charge in [-0.15, -0.1) is 0 Å². The van der Waals surface area contributed by atoms with Crippen LogP contribution in [0.15, 0.2) is 24.3 Å². The second-order valence-electron chi connectivity index (χ2n) is 6.65. The molecule has 1 aromatic carbocycles. The lowest BCUT2D eigenvalue weighted by Crippen LogP contribution is -2.46. The number of hydrogen-bond acceptors (Lipinski definition) is 4. The standard InChI is InChI=1S/C18H22FNO5/c1-2-14(25-15-6-4-3-5-13(15)19)16(21)20-9-12-10-24-8-7-18(12,11-20)17(22)23/h3-6,12,14H,2,7-11H2,1H3,(H,22,23)/t12-,14?,18+/m0/s1. The van der Waals surface area contributed by atoms with Crippen molar-refractivity contribution in [2.75, 3.05) is 26.3 Å². The van der Waals surface area contributed by atoms with Crippen LogP contribution in [0, 0.1) is 17.2 Å². The van der Waals surface area contributed by atoms with Gasteiger partial charge < -0.3 is 19.5 Å². The van der Waals surface area contributed by atoms with Crippen LogP contribution in [0.2, 0.25) is 0 Å². The van der Waals surface area contributed by atoms with E-state index in [1.165, 1.54) is 17.0 Å². The molecule has 0 aliphatic carbocycles. The number of amides is 1. The van der Waals surface area contributed by atoms with Gasteiger partial charge in [0.25, 0.3) is 5.91 Å². The van der Waals surface area contributed by atoms with E-state index >= 15 is 0 Å². The van der Waals surface area contributed by atoms with Crippen molar-refractivity contribution in [2.24, 2.45) is 11.3 Å². The van der Waals surface area contributed by atoms with Crippen molar-refractivity contribution < 1.29 is 28.6 Å². The Balaban J connectivity index is 1.75. The van der Waals surface area contributed by atoms with Gasteiger partial charge in [-0.05, 0) is 25.0 Å². The maximum atomic E-state index is 13.8. The lowest BCUT2D eigenvalue weighted by molar-refractivity contribution is -0.157. The second-order valence-corrected chi connectivity index (χ2v) is 6.65. The van der Waals surface area contributed by atoms with Gasteiger partial charge in [0.2, 0.25) is 0 Å². The zero-order valence-corrected chi connectivity index (χ0v) is 14.1. The first kappa shape index (κ1) is 17.7. The molecule has 0 spiro atoms. The minimum Gasteiger partial charge on any atom is -0.481 e. The number of carboxylic acid groups (broad SMARTS) is 1. The second kappa shape index (κ2) is 7.00. The van der Waals surface area contributed by atoms with Crippen LogP contribution in [-0.2, 0) is 14.3 Å². The zero-order chi connectivity index (χ0) is 18.0. The summed E-state index contributed by atoms with van der Waals surface area (Å²) in [7, 11) is 0. The number of rotatable bonds is 5. The largest absolute Gasteiger partial charge is 0.481 e. The molecule has 3 rings (SSSR count). The number of aliphatic carboxylic acids is 1. The third-order valence-electron chi connectivity index (χ3n) is 5.20.